The van der Waals surface area contributed by atoms with E-state index in [2.05, 4.69) is 10.6 Å². The van der Waals surface area contributed by atoms with E-state index in [1.54, 1.807) is 51.1 Å². The van der Waals surface area contributed by atoms with Crippen LogP contribution in [-0.4, -0.2) is 50.1 Å². The summed E-state index contributed by atoms with van der Waals surface area (Å²) < 4.78 is 26.9. The zero-order chi connectivity index (χ0) is 23.9. The number of primary amides is 1. The number of nitrogens with zero attached hydrogens (tertiary/aromatic N) is 1. The number of hydrogen-bond donors (Lipinski definition) is 3. The van der Waals surface area contributed by atoms with Gasteiger partial charge in [0.25, 0.3) is 11.8 Å². The van der Waals surface area contributed by atoms with Gasteiger partial charge >= 0.3 is 0 Å². The number of hydrogen-bond acceptors (Lipinski definition) is 5. The number of amides is 3. The smallest absolute Gasteiger partial charge is 0.251 e. The molecule has 0 saturated heterocycles. The van der Waals surface area contributed by atoms with Gasteiger partial charge in [-0.05, 0) is 42.3 Å². The van der Waals surface area contributed by atoms with E-state index >= 15 is 0 Å². The van der Waals surface area contributed by atoms with Crippen LogP contribution in [0.3, 0.4) is 0 Å². The Hall–Kier alpha value is -3.24. The van der Waals surface area contributed by atoms with E-state index in [9.17, 15) is 22.8 Å². The van der Waals surface area contributed by atoms with E-state index in [-0.39, 0.29) is 23.5 Å². The molecule has 0 atom stereocenters. The summed E-state index contributed by atoms with van der Waals surface area (Å²) in [6.07, 6.45) is 0. The van der Waals surface area contributed by atoms with Crippen molar-refractivity contribution in [3.8, 4) is 0 Å². The number of aryl methyl sites for hydroxylation is 1. The summed E-state index contributed by atoms with van der Waals surface area (Å²) in [5.74, 6) is -1.47. The van der Waals surface area contributed by atoms with Gasteiger partial charge in [-0.2, -0.15) is 4.31 Å². The molecule has 172 valence electrons. The minimum atomic E-state index is -3.68. The lowest BCUT2D eigenvalue weighted by Crippen LogP contribution is -2.33. The molecule has 9 nitrogen and oxygen atoms in total. The van der Waals surface area contributed by atoms with E-state index in [0.29, 0.717) is 24.2 Å². The Balaban J connectivity index is 2.10. The van der Waals surface area contributed by atoms with Gasteiger partial charge in [0.1, 0.15) is 0 Å². The number of sulfonamides is 1. The Morgan fingerprint density at radius 3 is 2.12 bits per heavy atom. The molecular weight excluding hydrogens is 432 g/mol. The van der Waals surface area contributed by atoms with Crippen molar-refractivity contribution in [1.82, 2.24) is 14.9 Å². The second-order valence-corrected chi connectivity index (χ2v) is 9.03. The van der Waals surface area contributed by atoms with Crippen LogP contribution in [0.25, 0.3) is 0 Å². The zero-order valence-corrected chi connectivity index (χ0v) is 19.2. The molecule has 0 unspecified atom stereocenters. The van der Waals surface area contributed by atoms with Gasteiger partial charge in [-0.25, -0.2) is 8.42 Å². The monoisotopic (exact) mass is 460 g/mol. The quantitative estimate of drug-likeness (QED) is 0.488. The fourth-order valence-corrected chi connectivity index (χ4v) is 4.52. The molecule has 10 heteroatoms. The Labute approximate surface area is 188 Å². The molecule has 2 aromatic rings. The minimum absolute atomic E-state index is 0.0725. The average molecular weight is 461 g/mol. The lowest BCUT2D eigenvalue weighted by molar-refractivity contribution is -0.117. The second kappa shape index (κ2) is 10.9. The molecule has 0 aliphatic carbocycles. The second-order valence-electron chi connectivity index (χ2n) is 7.09. The zero-order valence-electron chi connectivity index (χ0n) is 18.3. The Morgan fingerprint density at radius 2 is 1.56 bits per heavy atom. The Morgan fingerprint density at radius 1 is 0.938 bits per heavy atom. The molecule has 0 fully saturated rings. The highest BCUT2D eigenvalue weighted by atomic mass is 32.2. The van der Waals surface area contributed by atoms with Crippen molar-refractivity contribution in [1.29, 1.82) is 0 Å². The molecule has 0 heterocycles. The van der Waals surface area contributed by atoms with Crippen LogP contribution in [0.2, 0.25) is 0 Å². The number of nitrogens with one attached hydrogen (secondary N) is 2. The van der Waals surface area contributed by atoms with E-state index < -0.39 is 27.7 Å². The van der Waals surface area contributed by atoms with Crippen LogP contribution >= 0.6 is 0 Å². The first-order valence-corrected chi connectivity index (χ1v) is 11.6. The first kappa shape index (κ1) is 25.0. The molecular formula is C22H28N4O5S. The molecule has 32 heavy (non-hydrogen) atoms. The van der Waals surface area contributed by atoms with Gasteiger partial charge in [0.2, 0.25) is 15.9 Å². The summed E-state index contributed by atoms with van der Waals surface area (Å²) in [6, 6.07) is 11.0. The van der Waals surface area contributed by atoms with E-state index in [4.69, 9.17) is 5.73 Å². The molecule has 0 spiro atoms. The van der Waals surface area contributed by atoms with Gasteiger partial charge in [-0.15, -0.1) is 0 Å². The van der Waals surface area contributed by atoms with Crippen molar-refractivity contribution in [2.75, 3.05) is 19.6 Å². The maximum absolute atomic E-state index is 12.8. The molecule has 4 N–H and O–H groups in total. The van der Waals surface area contributed by atoms with Crippen LogP contribution in [0.4, 0.5) is 0 Å². The maximum atomic E-state index is 12.8. The summed E-state index contributed by atoms with van der Waals surface area (Å²) in [6.45, 7) is 5.87. The summed E-state index contributed by atoms with van der Waals surface area (Å²) in [7, 11) is -3.68. The van der Waals surface area contributed by atoms with Crippen molar-refractivity contribution in [2.45, 2.75) is 32.2 Å². The summed E-state index contributed by atoms with van der Waals surface area (Å²) >= 11 is 0. The lowest BCUT2D eigenvalue weighted by Gasteiger charge is -2.19. The fourth-order valence-electron chi connectivity index (χ4n) is 3.04. The lowest BCUT2D eigenvalue weighted by atomic mass is 10.1. The Kier molecular flexibility index (Phi) is 8.50. The number of rotatable bonds is 10. The van der Waals surface area contributed by atoms with Gasteiger partial charge in [-0.3, -0.25) is 14.4 Å². The summed E-state index contributed by atoms with van der Waals surface area (Å²) in [5.41, 5.74) is 7.03. The highest BCUT2D eigenvalue weighted by molar-refractivity contribution is 7.89. The highest BCUT2D eigenvalue weighted by Crippen LogP contribution is 2.20. The molecule has 0 bridgehead atoms. The molecule has 0 aliphatic heterocycles. The van der Waals surface area contributed by atoms with Gasteiger partial charge in [0, 0.05) is 30.8 Å². The molecule has 0 saturated carbocycles. The maximum Gasteiger partial charge on any atom is 0.251 e. The van der Waals surface area contributed by atoms with Crippen LogP contribution in [0.5, 0.6) is 0 Å². The van der Waals surface area contributed by atoms with E-state index in [1.807, 2.05) is 0 Å². The first-order chi connectivity index (χ1) is 15.1. The average Bonchev–Trinajstić information content (AvgIpc) is 2.77. The highest BCUT2D eigenvalue weighted by Gasteiger charge is 2.23. The van der Waals surface area contributed by atoms with Crippen LogP contribution in [0, 0.1) is 6.92 Å². The van der Waals surface area contributed by atoms with Crippen LogP contribution < -0.4 is 16.4 Å². The molecule has 0 radical (unpaired) electrons. The van der Waals surface area contributed by atoms with Gasteiger partial charge in [-0.1, -0.05) is 32.0 Å². The third kappa shape index (κ3) is 6.14. The fraction of sp³-hybridized carbons (Fsp3) is 0.318. The van der Waals surface area contributed by atoms with Gasteiger partial charge in [0.15, 0.2) is 0 Å². The van der Waals surface area contributed by atoms with Gasteiger partial charge < -0.3 is 16.4 Å². The van der Waals surface area contributed by atoms with Gasteiger partial charge in [0.05, 0.1) is 11.4 Å². The van der Waals surface area contributed by atoms with Crippen LogP contribution in [-0.2, 0) is 21.4 Å². The topological polar surface area (TPSA) is 139 Å². The van der Waals surface area contributed by atoms with Crippen LogP contribution in [0.1, 0.15) is 45.7 Å². The van der Waals surface area contributed by atoms with Crippen molar-refractivity contribution in [2.24, 2.45) is 5.73 Å². The minimum Gasteiger partial charge on any atom is -0.368 e. The predicted molar refractivity (Wildman–Crippen MR) is 120 cm³/mol. The number of nitrogens with two attached hydrogens (primary N) is 1. The van der Waals surface area contributed by atoms with Crippen molar-refractivity contribution >= 4 is 27.7 Å². The number of benzene rings is 2. The number of carbonyl (C=O) groups is 3. The van der Waals surface area contributed by atoms with Crippen molar-refractivity contribution in [3.63, 3.8) is 0 Å². The third-order valence-corrected chi connectivity index (χ3v) is 6.94. The summed E-state index contributed by atoms with van der Waals surface area (Å²) in [4.78, 5) is 35.5. The predicted octanol–water partition coefficient (Wildman–Crippen LogP) is 1.17. The molecule has 3 amide bonds. The van der Waals surface area contributed by atoms with Crippen molar-refractivity contribution < 1.29 is 22.8 Å². The SMILES string of the molecule is CCN(CC)S(=O)(=O)c1ccc(C)c(C(=O)NCc2ccc(C(=O)NCC(N)=O)cc2)c1. The van der Waals surface area contributed by atoms with E-state index in [0.717, 1.165) is 5.56 Å². The standard InChI is InChI=1S/C22H28N4O5S/c1-4-26(5-2)32(30,31)18-11-6-15(3)19(12-18)22(29)24-13-16-7-9-17(10-8-16)21(28)25-14-20(23)27/h6-12H,4-5,13-14H2,1-3H3,(H2,23,27)(H,24,29)(H,25,28). The van der Waals surface area contributed by atoms with E-state index in [1.165, 1.54) is 16.4 Å². The first-order valence-electron chi connectivity index (χ1n) is 10.1. The Bertz CT molecular complexity index is 1090. The molecule has 0 aliphatic rings. The van der Waals surface area contributed by atoms with Crippen LogP contribution in [0.15, 0.2) is 47.4 Å². The number of carbonyl (C=O) groups excluding carboxylic acids is 3. The third-order valence-electron chi connectivity index (χ3n) is 4.89. The largest absolute Gasteiger partial charge is 0.368 e. The van der Waals surface area contributed by atoms with Crippen molar-refractivity contribution in [3.05, 3.63) is 64.7 Å². The molecule has 0 aromatic heterocycles. The molecule has 2 rings (SSSR count). The normalized spacial score (nSPS) is 11.2. The summed E-state index contributed by atoms with van der Waals surface area (Å²) in [5, 5.41) is 5.17. The molecule has 2 aromatic carbocycles.